The Kier molecular flexibility index (Phi) is 8.88. The molecule has 0 aliphatic carbocycles. The number of rotatable bonds is 6. The zero-order chi connectivity index (χ0) is 45.2. The first kappa shape index (κ1) is 39.5. The van der Waals surface area contributed by atoms with E-state index < -0.39 is 0 Å². The first-order valence-corrected chi connectivity index (χ1v) is 26.0. The first-order chi connectivity index (χ1) is 34.2. The van der Waals surface area contributed by atoms with Crippen molar-refractivity contribution in [2.24, 2.45) is 0 Å². The topological polar surface area (TPSA) is 45.2 Å². The third kappa shape index (κ3) is 6.22. The van der Waals surface area contributed by atoms with Crippen molar-refractivity contribution in [1.29, 1.82) is 0 Å². The van der Waals surface area contributed by atoms with Gasteiger partial charge in [-0.3, -0.25) is 0 Å². The third-order valence-electron chi connectivity index (χ3n) is 14.4. The van der Waals surface area contributed by atoms with Gasteiger partial charge in [0.25, 0.3) is 0 Å². The molecule has 4 atom stereocenters. The Labute approximate surface area is 412 Å². The number of benzene rings is 9. The van der Waals surface area contributed by atoms with Crippen LogP contribution in [0.4, 0.5) is 23.0 Å². The molecule has 0 spiro atoms. The summed E-state index contributed by atoms with van der Waals surface area (Å²) in [4.78, 5) is 23.2. The lowest BCUT2D eigenvalue weighted by Crippen LogP contribution is -2.22. The highest BCUT2D eigenvalue weighted by atomic mass is 32.2. The Hall–Kier alpha value is -7.49. The Balaban J connectivity index is 0.820. The Morgan fingerprint density at radius 2 is 0.783 bits per heavy atom. The van der Waals surface area contributed by atoms with Gasteiger partial charge in [-0.1, -0.05) is 140 Å². The van der Waals surface area contributed by atoms with Crippen LogP contribution in [-0.2, 0) is 0 Å². The Bertz CT molecular complexity index is 3800. The lowest BCUT2D eigenvalue weighted by Gasteiger charge is -2.27. The number of hydrogen-bond donors (Lipinski definition) is 0. The van der Waals surface area contributed by atoms with Crippen LogP contribution in [0.1, 0.15) is 44.8 Å². The monoisotopic (exact) mass is 937 g/mol. The van der Waals surface area contributed by atoms with Crippen molar-refractivity contribution in [2.45, 2.75) is 32.4 Å². The number of anilines is 4. The van der Waals surface area contributed by atoms with Gasteiger partial charge >= 0.3 is 0 Å². The summed E-state index contributed by atoms with van der Waals surface area (Å²) in [5, 5.41) is 3.09. The van der Waals surface area contributed by atoms with Gasteiger partial charge in [0, 0.05) is 58.2 Å². The summed E-state index contributed by atoms with van der Waals surface area (Å²) in [7, 11) is 0. The van der Waals surface area contributed by atoms with E-state index in [1.165, 1.54) is 85.8 Å². The highest BCUT2D eigenvalue weighted by Gasteiger charge is 2.48. The Morgan fingerprint density at radius 1 is 0.348 bits per heavy atom. The average Bonchev–Trinajstić information content (AvgIpc) is 4.23. The minimum Gasteiger partial charge on any atom is -0.332 e. The van der Waals surface area contributed by atoms with Crippen molar-refractivity contribution in [1.82, 2.24) is 15.0 Å². The molecule has 9 aromatic carbocycles. The smallest absolute Gasteiger partial charge is 0.234 e. The zero-order valence-corrected chi connectivity index (χ0v) is 39.4. The maximum absolute atomic E-state index is 5.26. The van der Waals surface area contributed by atoms with Gasteiger partial charge < -0.3 is 9.80 Å². The molecule has 0 bridgehead atoms. The van der Waals surface area contributed by atoms with E-state index in [2.05, 4.69) is 186 Å². The summed E-state index contributed by atoms with van der Waals surface area (Å²) in [6.45, 7) is 0. The van der Waals surface area contributed by atoms with Gasteiger partial charge in [-0.15, -0.1) is 34.9 Å². The van der Waals surface area contributed by atoms with E-state index in [-0.39, 0.29) is 17.3 Å². The molecule has 2 aromatic heterocycles. The molecular weight excluding hydrogens is 899 g/mol. The van der Waals surface area contributed by atoms with E-state index in [1.54, 1.807) is 0 Å². The van der Waals surface area contributed by atoms with E-state index in [9.17, 15) is 0 Å². The van der Waals surface area contributed by atoms with Crippen LogP contribution in [0.2, 0.25) is 0 Å². The van der Waals surface area contributed by atoms with Gasteiger partial charge in [-0.05, 0) is 117 Å². The maximum Gasteiger partial charge on any atom is 0.234 e. The molecule has 0 saturated carbocycles. The number of thioether (sulfide) groups is 2. The molecule has 6 heterocycles. The summed E-state index contributed by atoms with van der Waals surface area (Å²) in [5.74, 6) is 1.99. The lowest BCUT2D eigenvalue weighted by atomic mass is 9.96. The number of para-hydroxylation sites is 1. The van der Waals surface area contributed by atoms with Gasteiger partial charge in [0.15, 0.2) is 11.6 Å². The molecule has 5 nitrogen and oxygen atoms in total. The minimum atomic E-state index is 0.0295. The van der Waals surface area contributed by atoms with Crippen molar-refractivity contribution in [3.05, 3.63) is 235 Å². The summed E-state index contributed by atoms with van der Waals surface area (Å²) in [6, 6.07) is 77.8. The van der Waals surface area contributed by atoms with Crippen molar-refractivity contribution in [2.75, 3.05) is 9.80 Å². The standard InChI is InChI=1S/C61H39N5S3/c1-4-14-36(15-5-1)59-62-60(37-16-6-2-7-17-37)64-61(63-59)66-50-29-25-39(35-48(50)58-56(66)44-21-11-13-23-52(44)69-58)41-27-31-54-46(33-41)45-32-40(26-30-53(45)67-54)38-24-28-49-47(34-38)57-55(43-20-10-12-22-51(43)68-57)65(49)42-18-8-3-9-19-42/h1-35,55-58H. The zero-order valence-electron chi connectivity index (χ0n) is 37.0. The molecule has 69 heavy (non-hydrogen) atoms. The fourth-order valence-corrected chi connectivity index (χ4v) is 15.2. The van der Waals surface area contributed by atoms with Crippen LogP contribution in [0.5, 0.6) is 0 Å². The molecule has 0 saturated heterocycles. The quantitative estimate of drug-likeness (QED) is 0.165. The lowest BCUT2D eigenvalue weighted by molar-refractivity contribution is 0.717. The molecule has 0 radical (unpaired) electrons. The van der Waals surface area contributed by atoms with E-state index in [0.717, 1.165) is 16.8 Å². The Morgan fingerprint density at radius 3 is 1.32 bits per heavy atom. The molecular formula is C61H39N5S3. The largest absolute Gasteiger partial charge is 0.332 e. The average molecular weight is 938 g/mol. The van der Waals surface area contributed by atoms with Crippen LogP contribution in [-0.4, -0.2) is 15.0 Å². The van der Waals surface area contributed by atoms with Crippen molar-refractivity contribution < 1.29 is 0 Å². The van der Waals surface area contributed by atoms with E-state index in [1.807, 2.05) is 71.3 Å². The molecule has 0 N–H and O–H groups in total. The number of hydrogen-bond acceptors (Lipinski definition) is 8. The van der Waals surface area contributed by atoms with Gasteiger partial charge in [0.05, 0.1) is 22.6 Å². The summed E-state index contributed by atoms with van der Waals surface area (Å²) < 4.78 is 2.60. The third-order valence-corrected chi connectivity index (χ3v) is 18.3. The SMILES string of the molecule is c1ccc(-c2nc(-c3ccccc3)nc(N3c4ccc(-c5ccc6sc7ccc(-c8ccc9c(c8)C8Sc%10ccccc%10C8N9c8ccccc8)cc7c6c5)cc4C4Sc5ccccc5C43)n2)cc1. The maximum atomic E-state index is 5.26. The predicted octanol–water partition coefficient (Wildman–Crippen LogP) is 17.0. The molecule has 0 fully saturated rings. The van der Waals surface area contributed by atoms with Crippen molar-refractivity contribution in [3.63, 3.8) is 0 Å². The molecule has 4 unspecified atom stereocenters. The molecule has 326 valence electrons. The highest BCUT2D eigenvalue weighted by molar-refractivity contribution is 8.00. The summed E-state index contributed by atoms with van der Waals surface area (Å²) in [6.07, 6.45) is 0. The van der Waals surface area contributed by atoms with Crippen LogP contribution >= 0.6 is 34.9 Å². The molecule has 4 aliphatic rings. The fraction of sp³-hybridized carbons (Fsp3) is 0.0656. The van der Waals surface area contributed by atoms with Crippen LogP contribution in [0.25, 0.3) is 65.2 Å². The number of thiophene rings is 1. The second-order valence-corrected chi connectivity index (χ2v) is 21.7. The highest BCUT2D eigenvalue weighted by Crippen LogP contribution is 2.66. The number of fused-ring (bicyclic) bond motifs is 13. The fourth-order valence-electron chi connectivity index (χ4n) is 11.2. The number of aromatic nitrogens is 3. The van der Waals surface area contributed by atoms with Gasteiger partial charge in [-0.2, -0.15) is 9.97 Å². The van der Waals surface area contributed by atoms with Crippen LogP contribution < -0.4 is 9.80 Å². The normalized spacial score (nSPS) is 18.3. The molecule has 15 rings (SSSR count). The van der Waals surface area contributed by atoms with Crippen molar-refractivity contribution >= 4 is 78.0 Å². The number of nitrogens with zero attached hydrogens (tertiary/aromatic N) is 5. The van der Waals surface area contributed by atoms with Gasteiger partial charge in [-0.25, -0.2) is 4.98 Å². The van der Waals surface area contributed by atoms with E-state index in [4.69, 9.17) is 15.0 Å². The molecule has 4 aliphatic heterocycles. The second-order valence-electron chi connectivity index (χ2n) is 18.2. The van der Waals surface area contributed by atoms with E-state index in [0.29, 0.717) is 22.8 Å². The van der Waals surface area contributed by atoms with Gasteiger partial charge in [0.1, 0.15) is 0 Å². The molecule has 8 heteroatoms. The van der Waals surface area contributed by atoms with Crippen LogP contribution in [0.3, 0.4) is 0 Å². The minimum absolute atomic E-state index is 0.0295. The van der Waals surface area contributed by atoms with E-state index >= 15 is 0 Å². The molecule has 11 aromatic rings. The summed E-state index contributed by atoms with van der Waals surface area (Å²) >= 11 is 5.84. The first-order valence-electron chi connectivity index (χ1n) is 23.5. The summed E-state index contributed by atoms with van der Waals surface area (Å²) in [5.41, 5.74) is 16.0. The van der Waals surface area contributed by atoms with Crippen LogP contribution in [0, 0.1) is 0 Å². The van der Waals surface area contributed by atoms with Crippen LogP contribution in [0.15, 0.2) is 222 Å². The van der Waals surface area contributed by atoms with Gasteiger partial charge in [0.2, 0.25) is 5.95 Å². The second kappa shape index (κ2) is 15.5. The molecule has 0 amide bonds. The van der Waals surface area contributed by atoms with Crippen molar-refractivity contribution in [3.8, 4) is 45.0 Å². The predicted molar refractivity (Wildman–Crippen MR) is 287 cm³/mol.